The van der Waals surface area contributed by atoms with Crippen LogP contribution in [0, 0.1) is 0 Å². The van der Waals surface area contributed by atoms with Crippen LogP contribution in [0.25, 0.3) is 0 Å². The Morgan fingerprint density at radius 1 is 1.00 bits per heavy atom. The first-order valence-corrected chi connectivity index (χ1v) is 2.29. The molecule has 3 heteroatoms. The van der Waals surface area contributed by atoms with Crippen molar-refractivity contribution in [1.82, 2.24) is 0 Å². The van der Waals surface area contributed by atoms with Gasteiger partial charge in [0, 0.05) is 29.3 Å². The van der Waals surface area contributed by atoms with Crippen LogP contribution in [0.15, 0.2) is 0 Å². The molecule has 0 aromatic carbocycles. The van der Waals surface area contributed by atoms with E-state index >= 15 is 0 Å². The summed E-state index contributed by atoms with van der Waals surface area (Å²) >= 11 is 0. The van der Waals surface area contributed by atoms with Crippen LogP contribution in [0.1, 0.15) is 19.3 Å². The van der Waals surface area contributed by atoms with E-state index in [4.69, 9.17) is 0 Å². The topological polar surface area (TPSA) is 34.1 Å². The zero-order chi connectivity index (χ0) is 5.54. The van der Waals surface area contributed by atoms with Gasteiger partial charge in [-0.1, -0.05) is 0 Å². The summed E-state index contributed by atoms with van der Waals surface area (Å²) in [4.78, 5) is 19.1. The summed E-state index contributed by atoms with van der Waals surface area (Å²) in [6, 6.07) is 0. The van der Waals surface area contributed by atoms with Gasteiger partial charge in [0.2, 0.25) is 0 Å². The van der Waals surface area contributed by atoms with Gasteiger partial charge in [-0.15, -0.1) is 0 Å². The molecule has 0 amide bonds. The van der Waals surface area contributed by atoms with Gasteiger partial charge in [0.05, 0.1) is 0 Å². The summed E-state index contributed by atoms with van der Waals surface area (Å²) in [6.45, 7) is 0. The Kier molecular flexibility index (Phi) is 13.4. The Morgan fingerprint density at radius 3 is 1.62 bits per heavy atom. The van der Waals surface area contributed by atoms with Gasteiger partial charge < -0.3 is 9.59 Å². The van der Waals surface area contributed by atoms with E-state index in [-0.39, 0.29) is 16.5 Å². The van der Waals surface area contributed by atoms with Crippen molar-refractivity contribution in [3.63, 3.8) is 0 Å². The smallest absolute Gasteiger partial charge is 0.120 e. The standard InChI is InChI=1S/C5H8O2.Ni/c6-4-2-1-3-5-7;/h4-5H,1-3H2;. The zero-order valence-corrected chi connectivity index (χ0v) is 5.40. The maximum absolute atomic E-state index is 9.56. The minimum Gasteiger partial charge on any atom is -0.303 e. The molecule has 0 rings (SSSR count). The molecule has 0 spiro atoms. The van der Waals surface area contributed by atoms with E-state index < -0.39 is 0 Å². The van der Waals surface area contributed by atoms with Crippen LogP contribution >= 0.6 is 0 Å². The summed E-state index contributed by atoms with van der Waals surface area (Å²) < 4.78 is 0. The van der Waals surface area contributed by atoms with E-state index in [2.05, 4.69) is 0 Å². The third kappa shape index (κ3) is 9.27. The molecule has 0 fully saturated rings. The van der Waals surface area contributed by atoms with Gasteiger partial charge in [0.1, 0.15) is 12.6 Å². The monoisotopic (exact) mass is 158 g/mol. The Morgan fingerprint density at radius 2 is 1.38 bits per heavy atom. The molecule has 2 nitrogen and oxygen atoms in total. The first-order chi connectivity index (χ1) is 3.41. The molecule has 0 heterocycles. The van der Waals surface area contributed by atoms with Crippen molar-refractivity contribution < 1.29 is 26.1 Å². The molecular formula is C5H8NiO2. The zero-order valence-electron chi connectivity index (χ0n) is 4.41. The molecular weight excluding hydrogens is 151 g/mol. The van der Waals surface area contributed by atoms with Crippen molar-refractivity contribution in [2.24, 2.45) is 0 Å². The fourth-order valence-electron chi connectivity index (χ4n) is 0.285. The second kappa shape index (κ2) is 9.95. The van der Waals surface area contributed by atoms with Crippen LogP contribution < -0.4 is 0 Å². The van der Waals surface area contributed by atoms with Crippen molar-refractivity contribution in [2.75, 3.05) is 0 Å². The first kappa shape index (κ1) is 10.7. The molecule has 8 heavy (non-hydrogen) atoms. The van der Waals surface area contributed by atoms with Gasteiger partial charge in [-0.25, -0.2) is 0 Å². The molecule has 0 aliphatic rings. The number of unbranched alkanes of at least 4 members (excludes halogenated alkanes) is 2. The Balaban J connectivity index is 0. The molecule has 0 N–H and O–H groups in total. The number of aldehydes is 2. The maximum Gasteiger partial charge on any atom is 0.120 e. The van der Waals surface area contributed by atoms with Crippen molar-refractivity contribution >= 4 is 12.6 Å². The summed E-state index contributed by atoms with van der Waals surface area (Å²) in [5.41, 5.74) is 0. The van der Waals surface area contributed by atoms with Gasteiger partial charge in [-0.3, -0.25) is 0 Å². The van der Waals surface area contributed by atoms with E-state index in [9.17, 15) is 9.59 Å². The minimum atomic E-state index is 0. The molecule has 0 saturated carbocycles. The van der Waals surface area contributed by atoms with E-state index in [1.807, 2.05) is 0 Å². The number of carbonyl (C=O) groups excluding carboxylic acids is 2. The van der Waals surface area contributed by atoms with Crippen LogP contribution in [0.5, 0.6) is 0 Å². The van der Waals surface area contributed by atoms with Crippen molar-refractivity contribution in [1.29, 1.82) is 0 Å². The third-order valence-electron chi connectivity index (χ3n) is 0.644. The van der Waals surface area contributed by atoms with E-state index in [1.165, 1.54) is 0 Å². The predicted molar refractivity (Wildman–Crippen MR) is 26.0 cm³/mol. The van der Waals surface area contributed by atoms with Crippen molar-refractivity contribution in [2.45, 2.75) is 19.3 Å². The van der Waals surface area contributed by atoms with Crippen LogP contribution in [0.4, 0.5) is 0 Å². The fourth-order valence-corrected chi connectivity index (χ4v) is 0.285. The SMILES string of the molecule is O=CCCCC=O.[Ni]. The number of carbonyl (C=O) groups is 2. The van der Waals surface area contributed by atoms with Crippen LogP contribution in [0.3, 0.4) is 0 Å². The molecule has 0 atom stereocenters. The van der Waals surface area contributed by atoms with Gasteiger partial charge in [0.25, 0.3) is 0 Å². The predicted octanol–water partition coefficient (Wildman–Crippen LogP) is 0.552. The van der Waals surface area contributed by atoms with Crippen LogP contribution in [0.2, 0.25) is 0 Å². The fraction of sp³-hybridized carbons (Fsp3) is 0.600. The van der Waals surface area contributed by atoms with Gasteiger partial charge >= 0.3 is 0 Å². The van der Waals surface area contributed by atoms with E-state index in [1.54, 1.807) is 0 Å². The quantitative estimate of drug-likeness (QED) is 0.341. The molecule has 0 aromatic heterocycles. The average Bonchev–Trinajstić information content (AvgIpc) is 1.69. The average molecular weight is 159 g/mol. The second-order valence-corrected chi connectivity index (χ2v) is 1.26. The Hall–Kier alpha value is -0.166. The van der Waals surface area contributed by atoms with Crippen molar-refractivity contribution in [3.05, 3.63) is 0 Å². The molecule has 0 radical (unpaired) electrons. The van der Waals surface area contributed by atoms with Crippen LogP contribution in [-0.4, -0.2) is 12.6 Å². The number of hydrogen-bond donors (Lipinski definition) is 0. The molecule has 0 bridgehead atoms. The van der Waals surface area contributed by atoms with Gasteiger partial charge in [-0.05, 0) is 6.42 Å². The molecule has 0 aliphatic heterocycles. The summed E-state index contributed by atoms with van der Waals surface area (Å²) in [6.07, 6.45) is 3.37. The Bertz CT molecular complexity index is 55.4. The van der Waals surface area contributed by atoms with E-state index in [0.29, 0.717) is 19.3 Å². The van der Waals surface area contributed by atoms with Crippen LogP contribution in [-0.2, 0) is 26.1 Å². The summed E-state index contributed by atoms with van der Waals surface area (Å²) in [5, 5.41) is 0. The van der Waals surface area contributed by atoms with Gasteiger partial charge in [-0.2, -0.15) is 0 Å². The largest absolute Gasteiger partial charge is 0.303 e. The third-order valence-corrected chi connectivity index (χ3v) is 0.644. The normalized spacial score (nSPS) is 7.00. The second-order valence-electron chi connectivity index (χ2n) is 1.26. The van der Waals surface area contributed by atoms with Gasteiger partial charge in [0.15, 0.2) is 0 Å². The molecule has 0 aliphatic carbocycles. The molecule has 50 valence electrons. The summed E-state index contributed by atoms with van der Waals surface area (Å²) in [5.74, 6) is 0. The van der Waals surface area contributed by atoms with Crippen molar-refractivity contribution in [3.8, 4) is 0 Å². The summed E-state index contributed by atoms with van der Waals surface area (Å²) in [7, 11) is 0. The first-order valence-electron chi connectivity index (χ1n) is 2.29. The molecule has 0 unspecified atom stereocenters. The number of hydrogen-bond acceptors (Lipinski definition) is 2. The minimum absolute atomic E-state index is 0. The Labute approximate surface area is 58.6 Å². The number of rotatable bonds is 4. The molecule has 0 saturated heterocycles. The maximum atomic E-state index is 9.56. The van der Waals surface area contributed by atoms with E-state index in [0.717, 1.165) is 12.6 Å². The molecule has 0 aromatic rings.